The third-order valence-corrected chi connectivity index (χ3v) is 2.94. The molecule has 20 heavy (non-hydrogen) atoms. The van der Waals surface area contributed by atoms with Gasteiger partial charge in [0.05, 0.1) is 12.7 Å². The second-order valence-corrected chi connectivity index (χ2v) is 4.81. The number of carbonyl (C=O) groups is 1. The molecule has 2 rings (SSSR count). The first kappa shape index (κ1) is 13.9. The van der Waals surface area contributed by atoms with E-state index in [1.54, 1.807) is 29.2 Å². The number of esters is 1. The quantitative estimate of drug-likeness (QED) is 0.771. The number of anilines is 1. The van der Waals surface area contributed by atoms with Gasteiger partial charge in [0.15, 0.2) is 0 Å². The highest BCUT2D eigenvalue weighted by atomic mass is 16.5. The van der Waals surface area contributed by atoms with Crippen molar-refractivity contribution >= 4 is 23.6 Å². The first-order chi connectivity index (χ1) is 9.35. The van der Waals surface area contributed by atoms with Gasteiger partial charge in [0.1, 0.15) is 5.66 Å². The van der Waals surface area contributed by atoms with Crippen LogP contribution in [0.3, 0.4) is 0 Å². The van der Waals surface area contributed by atoms with Crippen LogP contribution >= 0.6 is 0 Å². The third-order valence-electron chi connectivity index (χ3n) is 2.94. The van der Waals surface area contributed by atoms with E-state index in [2.05, 4.69) is 14.7 Å². The van der Waals surface area contributed by atoms with Gasteiger partial charge in [-0.05, 0) is 38.1 Å². The molecule has 0 fully saturated rings. The number of rotatable bonds is 2. The average molecular weight is 275 g/mol. The molecule has 7 nitrogen and oxygen atoms in total. The summed E-state index contributed by atoms with van der Waals surface area (Å²) in [6.07, 6.45) is 0. The number of carbonyl (C=O) groups excluding carboxylic acids is 1. The number of ether oxygens (including phenoxy) is 1. The standard InChI is InChI=1S/C13H17N5O2/c1-13(2)17-11(14)16-12(15)18(13)9-6-4-8(5-7-9)10(19)20-3/h4-7H,1-3H3,(H4,14,15,16,17). The lowest BCUT2D eigenvalue weighted by molar-refractivity contribution is 0.0601. The van der Waals surface area contributed by atoms with Crippen molar-refractivity contribution in [3.63, 3.8) is 0 Å². The van der Waals surface area contributed by atoms with Crippen LogP contribution in [0.4, 0.5) is 5.69 Å². The summed E-state index contributed by atoms with van der Waals surface area (Å²) in [7, 11) is 1.34. The Bertz CT molecular complexity index is 589. The van der Waals surface area contributed by atoms with E-state index in [4.69, 9.17) is 11.5 Å². The summed E-state index contributed by atoms with van der Waals surface area (Å²) in [6, 6.07) is 6.83. The Hall–Kier alpha value is -2.57. The lowest BCUT2D eigenvalue weighted by atomic mass is 10.1. The molecular weight excluding hydrogens is 258 g/mol. The number of hydrogen-bond acceptors (Lipinski definition) is 7. The van der Waals surface area contributed by atoms with Crippen LogP contribution < -0.4 is 16.4 Å². The van der Waals surface area contributed by atoms with E-state index in [9.17, 15) is 4.79 Å². The van der Waals surface area contributed by atoms with Crippen molar-refractivity contribution in [1.82, 2.24) is 0 Å². The van der Waals surface area contributed by atoms with Gasteiger partial charge in [-0.2, -0.15) is 4.99 Å². The van der Waals surface area contributed by atoms with Gasteiger partial charge in [-0.25, -0.2) is 9.79 Å². The largest absolute Gasteiger partial charge is 0.465 e. The monoisotopic (exact) mass is 275 g/mol. The number of nitrogens with two attached hydrogens (primary N) is 2. The summed E-state index contributed by atoms with van der Waals surface area (Å²) >= 11 is 0. The van der Waals surface area contributed by atoms with Crippen LogP contribution in [0.15, 0.2) is 34.3 Å². The first-order valence-corrected chi connectivity index (χ1v) is 6.03. The molecule has 0 saturated heterocycles. The molecule has 1 heterocycles. The van der Waals surface area contributed by atoms with Crippen molar-refractivity contribution in [1.29, 1.82) is 0 Å². The van der Waals surface area contributed by atoms with Gasteiger partial charge in [-0.3, -0.25) is 4.90 Å². The van der Waals surface area contributed by atoms with Crippen LogP contribution in [-0.2, 0) is 4.74 Å². The zero-order valence-electron chi connectivity index (χ0n) is 11.6. The van der Waals surface area contributed by atoms with Gasteiger partial charge >= 0.3 is 5.97 Å². The Morgan fingerprint density at radius 2 is 1.85 bits per heavy atom. The molecule has 1 aliphatic rings. The number of benzene rings is 1. The minimum atomic E-state index is -0.650. The van der Waals surface area contributed by atoms with E-state index >= 15 is 0 Å². The highest BCUT2D eigenvalue weighted by Crippen LogP contribution is 2.27. The maximum Gasteiger partial charge on any atom is 0.337 e. The number of guanidine groups is 2. The second kappa shape index (κ2) is 4.84. The molecule has 106 valence electrons. The van der Waals surface area contributed by atoms with Crippen molar-refractivity contribution in [2.24, 2.45) is 21.5 Å². The molecule has 0 radical (unpaired) electrons. The summed E-state index contributed by atoms with van der Waals surface area (Å²) in [6.45, 7) is 3.74. The van der Waals surface area contributed by atoms with Crippen molar-refractivity contribution in [3.8, 4) is 0 Å². The number of hydrogen-bond donors (Lipinski definition) is 2. The summed E-state index contributed by atoms with van der Waals surface area (Å²) in [5.41, 5.74) is 12.1. The topological polar surface area (TPSA) is 106 Å². The molecule has 1 aliphatic heterocycles. The van der Waals surface area contributed by atoms with Crippen molar-refractivity contribution < 1.29 is 9.53 Å². The summed E-state index contributed by atoms with van der Waals surface area (Å²) < 4.78 is 4.66. The molecule has 0 aromatic heterocycles. The summed E-state index contributed by atoms with van der Waals surface area (Å²) in [4.78, 5) is 21.4. The molecule has 4 N–H and O–H groups in total. The molecule has 0 spiro atoms. The Labute approximate surface area is 116 Å². The Morgan fingerprint density at radius 1 is 1.25 bits per heavy atom. The molecule has 0 saturated carbocycles. The molecule has 0 aliphatic carbocycles. The SMILES string of the molecule is COC(=O)c1ccc(N2C(N)=NC(N)=NC2(C)C)cc1. The van der Waals surface area contributed by atoms with E-state index in [1.807, 2.05) is 13.8 Å². The van der Waals surface area contributed by atoms with Gasteiger partial charge in [0, 0.05) is 5.69 Å². The summed E-state index contributed by atoms with van der Waals surface area (Å²) in [5.74, 6) is 0.0154. The van der Waals surface area contributed by atoms with Crippen LogP contribution in [0.5, 0.6) is 0 Å². The van der Waals surface area contributed by atoms with E-state index in [1.165, 1.54) is 7.11 Å². The molecule has 1 aromatic carbocycles. The fourth-order valence-corrected chi connectivity index (χ4v) is 2.12. The molecule has 0 atom stereocenters. The van der Waals surface area contributed by atoms with Gasteiger partial charge in [0.2, 0.25) is 11.9 Å². The maximum atomic E-state index is 11.4. The smallest absolute Gasteiger partial charge is 0.337 e. The third kappa shape index (κ3) is 2.42. The highest BCUT2D eigenvalue weighted by molar-refractivity contribution is 6.05. The Balaban J connectivity index is 2.37. The molecule has 1 aromatic rings. The fourth-order valence-electron chi connectivity index (χ4n) is 2.12. The molecule has 0 unspecified atom stereocenters. The van der Waals surface area contributed by atoms with E-state index in [0.717, 1.165) is 5.69 Å². The minimum absolute atomic E-state index is 0.148. The first-order valence-electron chi connectivity index (χ1n) is 6.03. The lowest BCUT2D eigenvalue weighted by Gasteiger charge is -2.38. The average Bonchev–Trinajstić information content (AvgIpc) is 2.36. The number of nitrogens with zero attached hydrogens (tertiary/aromatic N) is 3. The van der Waals surface area contributed by atoms with E-state index in [-0.39, 0.29) is 11.9 Å². The summed E-state index contributed by atoms with van der Waals surface area (Å²) in [5, 5.41) is 0. The second-order valence-electron chi connectivity index (χ2n) is 4.81. The predicted octanol–water partition coefficient (Wildman–Crippen LogP) is 0.659. The highest BCUT2D eigenvalue weighted by Gasteiger charge is 2.32. The van der Waals surface area contributed by atoms with Crippen LogP contribution in [0.25, 0.3) is 0 Å². The molecule has 0 amide bonds. The van der Waals surface area contributed by atoms with Crippen LogP contribution in [0.2, 0.25) is 0 Å². The lowest BCUT2D eigenvalue weighted by Crippen LogP contribution is -2.54. The van der Waals surface area contributed by atoms with Gasteiger partial charge in [-0.15, -0.1) is 0 Å². The number of aliphatic imine (C=N–C) groups is 2. The Kier molecular flexibility index (Phi) is 3.35. The van der Waals surface area contributed by atoms with Crippen LogP contribution in [0.1, 0.15) is 24.2 Å². The van der Waals surface area contributed by atoms with Crippen LogP contribution in [-0.4, -0.2) is 30.7 Å². The molecule has 7 heteroatoms. The van der Waals surface area contributed by atoms with Crippen LogP contribution in [0, 0.1) is 0 Å². The van der Waals surface area contributed by atoms with Crippen molar-refractivity contribution in [2.75, 3.05) is 12.0 Å². The maximum absolute atomic E-state index is 11.4. The fraction of sp³-hybridized carbons (Fsp3) is 0.308. The zero-order valence-corrected chi connectivity index (χ0v) is 11.6. The molecular formula is C13H17N5O2. The minimum Gasteiger partial charge on any atom is -0.465 e. The molecule has 0 bridgehead atoms. The Morgan fingerprint density at radius 3 is 2.35 bits per heavy atom. The van der Waals surface area contributed by atoms with Crippen molar-refractivity contribution in [3.05, 3.63) is 29.8 Å². The van der Waals surface area contributed by atoms with E-state index < -0.39 is 11.6 Å². The van der Waals surface area contributed by atoms with Crippen molar-refractivity contribution in [2.45, 2.75) is 19.5 Å². The van der Waals surface area contributed by atoms with Gasteiger partial charge in [-0.1, -0.05) is 0 Å². The van der Waals surface area contributed by atoms with E-state index in [0.29, 0.717) is 5.56 Å². The van der Waals surface area contributed by atoms with Gasteiger partial charge < -0.3 is 16.2 Å². The normalized spacial score (nSPS) is 17.2. The zero-order chi connectivity index (χ0) is 14.9. The predicted molar refractivity (Wildman–Crippen MR) is 77.6 cm³/mol. The number of methoxy groups -OCH3 is 1. The van der Waals surface area contributed by atoms with Gasteiger partial charge in [0.25, 0.3) is 0 Å².